The van der Waals surface area contributed by atoms with Crippen LogP contribution in [0.3, 0.4) is 0 Å². The normalized spacial score (nSPS) is 17.7. The summed E-state index contributed by atoms with van der Waals surface area (Å²) in [7, 11) is -3.31. The van der Waals surface area contributed by atoms with E-state index in [1.54, 1.807) is 11.3 Å². The molecule has 1 aliphatic rings. The average molecular weight is 275 g/mol. The minimum atomic E-state index is -3.31. The van der Waals surface area contributed by atoms with Gasteiger partial charge in [0, 0.05) is 18.5 Å². The molecule has 0 unspecified atom stereocenters. The Morgan fingerprint density at radius 2 is 2.18 bits per heavy atom. The van der Waals surface area contributed by atoms with Crippen LogP contribution in [-0.4, -0.2) is 30.8 Å². The third-order valence-corrected chi connectivity index (χ3v) is 5.34. The largest absolute Gasteiger partial charge is 0.279 e. The fourth-order valence-corrected chi connectivity index (χ4v) is 3.77. The van der Waals surface area contributed by atoms with E-state index in [0.717, 1.165) is 30.0 Å². The molecule has 0 bridgehead atoms. The van der Waals surface area contributed by atoms with Crippen molar-refractivity contribution < 1.29 is 8.42 Å². The summed E-state index contributed by atoms with van der Waals surface area (Å²) in [5.74, 6) is 0. The molecule has 2 heterocycles. The molecular weight excluding hydrogens is 258 g/mol. The number of nitrogens with one attached hydrogen (secondary N) is 1. The van der Waals surface area contributed by atoms with E-state index in [1.165, 1.54) is 4.31 Å². The molecule has 0 spiro atoms. The zero-order valence-electron chi connectivity index (χ0n) is 9.85. The highest BCUT2D eigenvalue weighted by atomic mass is 32.2. The van der Waals surface area contributed by atoms with Crippen molar-refractivity contribution in [1.29, 1.82) is 0 Å². The first-order valence-corrected chi connectivity index (χ1v) is 8.12. The topological polar surface area (TPSA) is 62.3 Å². The summed E-state index contributed by atoms with van der Waals surface area (Å²) in [5, 5.41) is 2.95. The first-order chi connectivity index (χ1) is 8.12. The van der Waals surface area contributed by atoms with Crippen LogP contribution in [0.4, 0.5) is 0 Å². The van der Waals surface area contributed by atoms with Crippen molar-refractivity contribution in [1.82, 2.24) is 14.0 Å². The molecule has 17 heavy (non-hydrogen) atoms. The highest BCUT2D eigenvalue weighted by Gasteiger charge is 2.24. The Kier molecular flexibility index (Phi) is 4.13. The first kappa shape index (κ1) is 12.9. The molecule has 96 valence electrons. The van der Waals surface area contributed by atoms with Crippen molar-refractivity contribution >= 4 is 21.5 Å². The molecule has 1 aliphatic heterocycles. The molecule has 5 nitrogen and oxygen atoms in total. The molecule has 0 aliphatic carbocycles. The van der Waals surface area contributed by atoms with Crippen LogP contribution >= 0.6 is 11.3 Å². The number of aromatic nitrogens is 1. The van der Waals surface area contributed by atoms with E-state index in [1.807, 2.05) is 12.3 Å². The fraction of sp³-hybridized carbons (Fsp3) is 0.700. The van der Waals surface area contributed by atoms with Crippen LogP contribution in [0, 0.1) is 0 Å². The molecule has 2 rings (SSSR count). The summed E-state index contributed by atoms with van der Waals surface area (Å²) >= 11 is 1.57. The quantitative estimate of drug-likeness (QED) is 0.876. The van der Waals surface area contributed by atoms with E-state index in [4.69, 9.17) is 0 Å². The Labute approximate surface area is 106 Å². The number of aryl methyl sites for hydroxylation is 1. The number of thiazole rings is 1. The molecule has 1 fully saturated rings. The van der Waals surface area contributed by atoms with Crippen LogP contribution in [0.25, 0.3) is 0 Å². The summed E-state index contributed by atoms with van der Waals surface area (Å²) in [6, 6.07) is 0. The van der Waals surface area contributed by atoms with Gasteiger partial charge in [0.15, 0.2) is 0 Å². The number of rotatable bonds is 5. The smallest absolute Gasteiger partial charge is 0.245 e. The number of hydrogen-bond donors (Lipinski definition) is 1. The third kappa shape index (κ3) is 3.25. The molecular formula is C10H17N3O2S2. The maximum atomic E-state index is 11.9. The molecule has 1 aromatic rings. The molecule has 1 aromatic heterocycles. The Morgan fingerprint density at radius 3 is 2.76 bits per heavy atom. The van der Waals surface area contributed by atoms with Crippen molar-refractivity contribution in [3.05, 3.63) is 16.1 Å². The Morgan fingerprint density at radius 1 is 1.47 bits per heavy atom. The zero-order chi connectivity index (χ0) is 12.3. The van der Waals surface area contributed by atoms with Crippen molar-refractivity contribution in [2.24, 2.45) is 0 Å². The van der Waals surface area contributed by atoms with E-state index in [-0.39, 0.29) is 6.54 Å². The lowest BCUT2D eigenvalue weighted by molar-refractivity contribution is 0.464. The van der Waals surface area contributed by atoms with Crippen LogP contribution in [0.1, 0.15) is 30.5 Å². The zero-order valence-corrected chi connectivity index (χ0v) is 11.5. The van der Waals surface area contributed by atoms with Crippen LogP contribution < -0.4 is 4.72 Å². The van der Waals surface area contributed by atoms with Crippen LogP contribution in [0.2, 0.25) is 0 Å². The van der Waals surface area contributed by atoms with Gasteiger partial charge in [-0.3, -0.25) is 0 Å². The van der Waals surface area contributed by atoms with Crippen LogP contribution in [0.5, 0.6) is 0 Å². The molecule has 7 heteroatoms. The van der Waals surface area contributed by atoms with Crippen LogP contribution in [-0.2, 0) is 23.2 Å². The predicted molar refractivity (Wildman–Crippen MR) is 68.1 cm³/mol. The third-order valence-electron chi connectivity index (χ3n) is 2.74. The maximum absolute atomic E-state index is 11.9. The SMILES string of the molecule is CCc1nc(CNS(=O)(=O)N2CCCC2)cs1. The summed E-state index contributed by atoms with van der Waals surface area (Å²) in [6.45, 7) is 3.59. The molecule has 0 aromatic carbocycles. The summed E-state index contributed by atoms with van der Waals surface area (Å²) in [4.78, 5) is 4.33. The van der Waals surface area contributed by atoms with Gasteiger partial charge in [-0.05, 0) is 19.3 Å². The number of hydrogen-bond acceptors (Lipinski definition) is 4. The van der Waals surface area contributed by atoms with Gasteiger partial charge in [-0.25, -0.2) is 4.98 Å². The lowest BCUT2D eigenvalue weighted by atomic mass is 10.4. The van der Waals surface area contributed by atoms with Gasteiger partial charge in [-0.15, -0.1) is 11.3 Å². The standard InChI is InChI=1S/C10H17N3O2S2/c1-2-10-12-9(8-16-10)7-11-17(14,15)13-5-3-4-6-13/h8,11H,2-7H2,1H3. The van der Waals surface area contributed by atoms with Gasteiger partial charge in [-0.1, -0.05) is 6.92 Å². The van der Waals surface area contributed by atoms with Gasteiger partial charge in [0.05, 0.1) is 17.2 Å². The minimum Gasteiger partial charge on any atom is -0.245 e. The predicted octanol–water partition coefficient (Wildman–Crippen LogP) is 1.14. The maximum Gasteiger partial charge on any atom is 0.279 e. The Hall–Kier alpha value is -0.500. The fourth-order valence-electron chi connectivity index (χ4n) is 1.78. The van der Waals surface area contributed by atoms with Gasteiger partial charge in [-0.2, -0.15) is 17.4 Å². The van der Waals surface area contributed by atoms with Gasteiger partial charge in [0.1, 0.15) is 0 Å². The monoisotopic (exact) mass is 275 g/mol. The van der Waals surface area contributed by atoms with Gasteiger partial charge >= 0.3 is 0 Å². The van der Waals surface area contributed by atoms with Crippen LogP contribution in [0.15, 0.2) is 5.38 Å². The number of nitrogens with zero attached hydrogens (tertiary/aromatic N) is 2. The van der Waals surface area contributed by atoms with E-state index in [0.29, 0.717) is 13.1 Å². The van der Waals surface area contributed by atoms with E-state index < -0.39 is 10.2 Å². The van der Waals surface area contributed by atoms with Gasteiger partial charge in [0.25, 0.3) is 10.2 Å². The average Bonchev–Trinajstić information content (AvgIpc) is 2.98. The molecule has 1 saturated heterocycles. The lowest BCUT2D eigenvalue weighted by Gasteiger charge is -2.15. The Balaban J connectivity index is 1.92. The summed E-state index contributed by atoms with van der Waals surface area (Å²) < 4.78 is 27.8. The second kappa shape index (κ2) is 5.43. The Bertz CT molecular complexity index is 464. The van der Waals surface area contributed by atoms with Gasteiger partial charge in [0.2, 0.25) is 0 Å². The highest BCUT2D eigenvalue weighted by molar-refractivity contribution is 7.87. The summed E-state index contributed by atoms with van der Waals surface area (Å²) in [6.07, 6.45) is 2.80. The molecule has 0 saturated carbocycles. The first-order valence-electron chi connectivity index (χ1n) is 5.80. The van der Waals surface area contributed by atoms with E-state index in [2.05, 4.69) is 9.71 Å². The second-order valence-corrected chi connectivity index (χ2v) is 6.72. The molecule has 0 amide bonds. The molecule has 0 radical (unpaired) electrons. The summed E-state index contributed by atoms with van der Waals surface area (Å²) in [5.41, 5.74) is 0.801. The molecule has 0 atom stereocenters. The molecule has 1 N–H and O–H groups in total. The van der Waals surface area contributed by atoms with E-state index >= 15 is 0 Å². The van der Waals surface area contributed by atoms with E-state index in [9.17, 15) is 8.42 Å². The van der Waals surface area contributed by atoms with Crippen molar-refractivity contribution in [2.75, 3.05) is 13.1 Å². The lowest BCUT2D eigenvalue weighted by Crippen LogP contribution is -2.38. The van der Waals surface area contributed by atoms with Gasteiger partial charge < -0.3 is 0 Å². The highest BCUT2D eigenvalue weighted by Crippen LogP contribution is 2.13. The van der Waals surface area contributed by atoms with Crippen molar-refractivity contribution in [2.45, 2.75) is 32.7 Å². The van der Waals surface area contributed by atoms with Crippen molar-refractivity contribution in [3.63, 3.8) is 0 Å². The van der Waals surface area contributed by atoms with Crippen molar-refractivity contribution in [3.8, 4) is 0 Å². The minimum absolute atomic E-state index is 0.287. The second-order valence-electron chi connectivity index (χ2n) is 4.02.